The highest BCUT2D eigenvalue weighted by molar-refractivity contribution is 5.78. The normalized spacial score (nSPS) is 10.6. The van der Waals surface area contributed by atoms with Crippen molar-refractivity contribution in [1.29, 1.82) is 0 Å². The molecule has 0 atom stereocenters. The van der Waals surface area contributed by atoms with Crippen LogP contribution in [0.2, 0.25) is 0 Å². The third-order valence-electron chi connectivity index (χ3n) is 2.25. The van der Waals surface area contributed by atoms with Gasteiger partial charge in [-0.15, -0.1) is 0 Å². The van der Waals surface area contributed by atoms with E-state index in [1.54, 1.807) is 12.1 Å². The van der Waals surface area contributed by atoms with Gasteiger partial charge in [0.2, 0.25) is 5.91 Å². The Morgan fingerprint density at radius 1 is 1.35 bits per heavy atom. The number of nitrogens with one attached hydrogen (secondary N) is 2. The van der Waals surface area contributed by atoms with Crippen LogP contribution in [0, 0.1) is 5.82 Å². The smallest absolute Gasteiger partial charge is 0.224 e. The summed E-state index contributed by atoms with van der Waals surface area (Å²) in [6.07, 6.45) is 0.222. The third-order valence-corrected chi connectivity index (χ3v) is 2.25. The maximum absolute atomic E-state index is 12.9. The first kappa shape index (κ1) is 13.6. The van der Waals surface area contributed by atoms with E-state index in [0.29, 0.717) is 18.2 Å². The summed E-state index contributed by atoms with van der Waals surface area (Å²) < 4.78 is 12.9. The monoisotopic (exact) mass is 238 g/mol. The average Bonchev–Trinajstić information content (AvgIpc) is 2.24. The second-order valence-corrected chi connectivity index (χ2v) is 4.27. The Bertz CT molecular complexity index is 366. The van der Waals surface area contributed by atoms with Crippen LogP contribution in [-0.4, -0.2) is 25.0 Å². The van der Waals surface area contributed by atoms with Crippen molar-refractivity contribution in [3.8, 4) is 0 Å². The first-order valence-corrected chi connectivity index (χ1v) is 5.82. The number of hydrogen-bond acceptors (Lipinski definition) is 2. The molecule has 0 unspecified atom stereocenters. The molecule has 1 rings (SSSR count). The Balaban J connectivity index is 2.25. The Morgan fingerprint density at radius 2 is 2.12 bits per heavy atom. The fourth-order valence-corrected chi connectivity index (χ4v) is 1.46. The van der Waals surface area contributed by atoms with Crippen molar-refractivity contribution in [3.63, 3.8) is 0 Å². The summed E-state index contributed by atoms with van der Waals surface area (Å²) in [7, 11) is 0. The van der Waals surface area contributed by atoms with E-state index in [1.165, 1.54) is 12.1 Å². The number of hydrogen-bond donors (Lipinski definition) is 2. The Hall–Kier alpha value is -1.42. The van der Waals surface area contributed by atoms with E-state index in [1.807, 2.05) is 0 Å². The average molecular weight is 238 g/mol. The molecule has 1 aromatic rings. The number of benzene rings is 1. The molecule has 0 aliphatic rings. The summed E-state index contributed by atoms with van der Waals surface area (Å²) in [5.74, 6) is -0.391. The quantitative estimate of drug-likeness (QED) is 0.737. The molecule has 0 saturated carbocycles. The van der Waals surface area contributed by atoms with Gasteiger partial charge in [0.1, 0.15) is 5.82 Å². The van der Waals surface area contributed by atoms with Gasteiger partial charge in [-0.1, -0.05) is 26.0 Å². The molecule has 0 bridgehead atoms. The zero-order chi connectivity index (χ0) is 12.7. The minimum atomic E-state index is -0.309. The largest absolute Gasteiger partial charge is 0.355 e. The number of halogens is 1. The van der Waals surface area contributed by atoms with Gasteiger partial charge in [-0.3, -0.25) is 4.79 Å². The lowest BCUT2D eigenvalue weighted by Crippen LogP contribution is -2.35. The second kappa shape index (κ2) is 7.01. The van der Waals surface area contributed by atoms with E-state index >= 15 is 0 Å². The van der Waals surface area contributed by atoms with Gasteiger partial charge in [-0.25, -0.2) is 4.39 Å². The highest BCUT2D eigenvalue weighted by Gasteiger charge is 2.03. The zero-order valence-electron chi connectivity index (χ0n) is 10.3. The SMILES string of the molecule is CC(C)NCCNC(=O)Cc1cccc(F)c1. The van der Waals surface area contributed by atoms with Crippen LogP contribution in [0.25, 0.3) is 0 Å². The number of carbonyl (C=O) groups excluding carboxylic acids is 1. The third kappa shape index (κ3) is 6.02. The molecule has 0 aliphatic heterocycles. The van der Waals surface area contributed by atoms with Crippen molar-refractivity contribution in [2.75, 3.05) is 13.1 Å². The summed E-state index contributed by atoms with van der Waals surface area (Å²) in [5, 5.41) is 5.98. The van der Waals surface area contributed by atoms with Crippen LogP contribution in [0.3, 0.4) is 0 Å². The molecule has 0 saturated heterocycles. The van der Waals surface area contributed by atoms with Crippen LogP contribution in [-0.2, 0) is 11.2 Å². The Kier molecular flexibility index (Phi) is 5.63. The summed E-state index contributed by atoms with van der Waals surface area (Å²) in [6.45, 7) is 5.43. The van der Waals surface area contributed by atoms with Gasteiger partial charge in [-0.2, -0.15) is 0 Å². The van der Waals surface area contributed by atoms with Crippen LogP contribution in [0.1, 0.15) is 19.4 Å². The van der Waals surface area contributed by atoms with Crippen molar-refractivity contribution < 1.29 is 9.18 Å². The summed E-state index contributed by atoms with van der Waals surface area (Å²) in [4.78, 5) is 11.5. The fourth-order valence-electron chi connectivity index (χ4n) is 1.46. The van der Waals surface area contributed by atoms with Crippen molar-refractivity contribution in [2.45, 2.75) is 26.3 Å². The molecule has 94 valence electrons. The summed E-state index contributed by atoms with van der Waals surface area (Å²) in [6, 6.07) is 6.52. The predicted octanol–water partition coefficient (Wildman–Crippen LogP) is 1.48. The van der Waals surface area contributed by atoms with Gasteiger partial charge >= 0.3 is 0 Å². The molecule has 2 N–H and O–H groups in total. The zero-order valence-corrected chi connectivity index (χ0v) is 10.3. The van der Waals surface area contributed by atoms with E-state index in [-0.39, 0.29) is 18.1 Å². The predicted molar refractivity (Wildman–Crippen MR) is 66.3 cm³/mol. The molecule has 17 heavy (non-hydrogen) atoms. The molecule has 3 nitrogen and oxygen atoms in total. The van der Waals surface area contributed by atoms with Crippen molar-refractivity contribution in [3.05, 3.63) is 35.6 Å². The highest BCUT2D eigenvalue weighted by atomic mass is 19.1. The van der Waals surface area contributed by atoms with E-state index < -0.39 is 0 Å². The van der Waals surface area contributed by atoms with E-state index in [2.05, 4.69) is 24.5 Å². The first-order chi connectivity index (χ1) is 8.08. The minimum absolute atomic E-state index is 0.0823. The number of rotatable bonds is 6. The molecule has 0 fully saturated rings. The van der Waals surface area contributed by atoms with Crippen LogP contribution >= 0.6 is 0 Å². The molecule has 0 aromatic heterocycles. The van der Waals surface area contributed by atoms with Crippen LogP contribution in [0.4, 0.5) is 4.39 Å². The van der Waals surface area contributed by atoms with Crippen molar-refractivity contribution in [1.82, 2.24) is 10.6 Å². The number of carbonyl (C=O) groups is 1. The van der Waals surface area contributed by atoms with Crippen LogP contribution in [0.5, 0.6) is 0 Å². The molecule has 1 aromatic carbocycles. The lowest BCUT2D eigenvalue weighted by molar-refractivity contribution is -0.120. The molecule has 0 aliphatic carbocycles. The maximum atomic E-state index is 12.9. The van der Waals surface area contributed by atoms with E-state index in [4.69, 9.17) is 0 Å². The lowest BCUT2D eigenvalue weighted by atomic mass is 10.1. The number of amides is 1. The molecule has 1 amide bonds. The molecule has 0 spiro atoms. The Morgan fingerprint density at radius 3 is 2.76 bits per heavy atom. The van der Waals surface area contributed by atoms with Crippen molar-refractivity contribution >= 4 is 5.91 Å². The highest BCUT2D eigenvalue weighted by Crippen LogP contribution is 2.03. The van der Waals surface area contributed by atoms with Crippen LogP contribution in [0.15, 0.2) is 24.3 Å². The van der Waals surface area contributed by atoms with Gasteiger partial charge in [-0.05, 0) is 17.7 Å². The lowest BCUT2D eigenvalue weighted by Gasteiger charge is -2.09. The topological polar surface area (TPSA) is 41.1 Å². The standard InChI is InChI=1S/C13H19FN2O/c1-10(2)15-6-7-16-13(17)9-11-4-3-5-12(14)8-11/h3-5,8,10,15H,6-7,9H2,1-2H3,(H,16,17). The van der Waals surface area contributed by atoms with E-state index in [9.17, 15) is 9.18 Å². The summed E-state index contributed by atoms with van der Waals surface area (Å²) >= 11 is 0. The molecule has 0 radical (unpaired) electrons. The molecule has 0 heterocycles. The Labute approximate surface area is 101 Å². The maximum Gasteiger partial charge on any atom is 0.224 e. The van der Waals surface area contributed by atoms with Gasteiger partial charge in [0, 0.05) is 19.1 Å². The molecular formula is C13H19FN2O. The fraction of sp³-hybridized carbons (Fsp3) is 0.462. The summed E-state index contributed by atoms with van der Waals surface area (Å²) in [5.41, 5.74) is 0.694. The van der Waals surface area contributed by atoms with Crippen LogP contribution < -0.4 is 10.6 Å². The van der Waals surface area contributed by atoms with Crippen molar-refractivity contribution in [2.24, 2.45) is 0 Å². The van der Waals surface area contributed by atoms with Gasteiger partial charge in [0.15, 0.2) is 0 Å². The first-order valence-electron chi connectivity index (χ1n) is 5.82. The van der Waals surface area contributed by atoms with Gasteiger partial charge < -0.3 is 10.6 Å². The minimum Gasteiger partial charge on any atom is -0.355 e. The molecular weight excluding hydrogens is 219 g/mol. The molecule has 4 heteroatoms. The van der Waals surface area contributed by atoms with Gasteiger partial charge in [0.05, 0.1) is 6.42 Å². The van der Waals surface area contributed by atoms with Gasteiger partial charge in [0.25, 0.3) is 0 Å². The van der Waals surface area contributed by atoms with E-state index in [0.717, 1.165) is 6.54 Å². The second-order valence-electron chi connectivity index (χ2n) is 4.27.